The van der Waals surface area contributed by atoms with Gasteiger partial charge in [-0.15, -0.1) is 0 Å². The predicted octanol–water partition coefficient (Wildman–Crippen LogP) is 2.11. The highest BCUT2D eigenvalue weighted by Gasteiger charge is 2.28. The van der Waals surface area contributed by atoms with Gasteiger partial charge in [-0.25, -0.2) is 8.42 Å². The Hall–Kier alpha value is -1.93. The van der Waals surface area contributed by atoms with E-state index in [9.17, 15) is 18.0 Å². The number of sulfone groups is 1. The van der Waals surface area contributed by atoms with Crippen LogP contribution in [-0.4, -0.2) is 75.2 Å². The zero-order chi connectivity index (χ0) is 21.4. The van der Waals surface area contributed by atoms with Crippen molar-refractivity contribution in [2.24, 2.45) is 0 Å². The Kier molecular flexibility index (Phi) is 8.64. The first-order valence-electron chi connectivity index (χ1n) is 10.2. The Morgan fingerprint density at radius 2 is 1.90 bits per heavy atom. The topological polar surface area (TPSA) is 84.0 Å². The average Bonchev–Trinajstić information content (AvgIpc) is 3.11. The van der Waals surface area contributed by atoms with Crippen molar-refractivity contribution < 1.29 is 22.7 Å². The summed E-state index contributed by atoms with van der Waals surface area (Å²) >= 11 is 0. The molecule has 1 fully saturated rings. The lowest BCUT2D eigenvalue weighted by Gasteiger charge is -2.30. The zero-order valence-electron chi connectivity index (χ0n) is 17.6. The van der Waals surface area contributed by atoms with Gasteiger partial charge in [0.25, 0.3) is 5.91 Å². The van der Waals surface area contributed by atoms with E-state index < -0.39 is 9.84 Å². The van der Waals surface area contributed by atoms with Crippen molar-refractivity contribution in [3.05, 3.63) is 35.4 Å². The number of likely N-dealkylation sites (N-methyl/N-ethyl adjacent to an activating group) is 1. The van der Waals surface area contributed by atoms with Gasteiger partial charge >= 0.3 is 5.97 Å². The molecule has 2 rings (SSSR count). The summed E-state index contributed by atoms with van der Waals surface area (Å²) < 4.78 is 27.9. The Morgan fingerprint density at radius 1 is 1.21 bits per heavy atom. The summed E-state index contributed by atoms with van der Waals surface area (Å²) in [4.78, 5) is 29.0. The lowest BCUT2D eigenvalue weighted by molar-refractivity contribution is -0.143. The van der Waals surface area contributed by atoms with Gasteiger partial charge in [-0.1, -0.05) is 19.1 Å². The van der Waals surface area contributed by atoms with Crippen LogP contribution < -0.4 is 0 Å². The maximum atomic E-state index is 13.1. The molecule has 0 bridgehead atoms. The van der Waals surface area contributed by atoms with Crippen LogP contribution in [0.1, 0.15) is 49.0 Å². The quantitative estimate of drug-likeness (QED) is 0.535. The summed E-state index contributed by atoms with van der Waals surface area (Å²) in [7, 11) is -3.13. The van der Waals surface area contributed by atoms with Gasteiger partial charge in [0.15, 0.2) is 9.84 Å². The van der Waals surface area contributed by atoms with Crippen molar-refractivity contribution in [1.82, 2.24) is 9.80 Å². The Bertz CT molecular complexity index is 792. The van der Waals surface area contributed by atoms with Gasteiger partial charge < -0.3 is 9.64 Å². The van der Waals surface area contributed by atoms with Crippen molar-refractivity contribution >= 4 is 21.7 Å². The minimum absolute atomic E-state index is 0.0540. The van der Waals surface area contributed by atoms with Crippen molar-refractivity contribution in [2.45, 2.75) is 44.9 Å². The summed E-state index contributed by atoms with van der Waals surface area (Å²) in [5.74, 6) is -0.516. The van der Waals surface area contributed by atoms with Gasteiger partial charge in [0, 0.05) is 31.0 Å². The van der Waals surface area contributed by atoms with E-state index in [0.717, 1.165) is 25.9 Å². The average molecular weight is 425 g/mol. The summed E-state index contributed by atoms with van der Waals surface area (Å²) in [6.45, 7) is 7.03. The third kappa shape index (κ3) is 7.44. The van der Waals surface area contributed by atoms with Gasteiger partial charge in [0.2, 0.25) is 0 Å². The molecule has 0 aliphatic carbocycles. The highest BCUT2D eigenvalue weighted by molar-refractivity contribution is 7.89. The molecule has 1 aromatic rings. The van der Waals surface area contributed by atoms with E-state index in [0.29, 0.717) is 30.8 Å². The first-order chi connectivity index (χ1) is 13.7. The minimum Gasteiger partial charge on any atom is -0.466 e. The third-order valence-electron chi connectivity index (χ3n) is 5.14. The molecule has 0 aromatic heterocycles. The van der Waals surface area contributed by atoms with Crippen molar-refractivity contribution in [3.8, 4) is 0 Å². The lowest BCUT2D eigenvalue weighted by atomic mass is 10.1. The van der Waals surface area contributed by atoms with E-state index in [2.05, 4.69) is 11.8 Å². The lowest BCUT2D eigenvalue weighted by Crippen LogP contribution is -2.44. The molecule has 1 aliphatic heterocycles. The zero-order valence-corrected chi connectivity index (χ0v) is 18.4. The second-order valence-electron chi connectivity index (χ2n) is 7.50. The maximum Gasteiger partial charge on any atom is 0.307 e. The smallest absolute Gasteiger partial charge is 0.307 e. The van der Waals surface area contributed by atoms with Crippen molar-refractivity contribution in [2.75, 3.05) is 39.0 Å². The number of carbonyl (C=O) groups is 2. The Balaban J connectivity index is 2.12. The molecule has 1 atom stereocenters. The summed E-state index contributed by atoms with van der Waals surface area (Å²) in [5.41, 5.74) is 1.14. The van der Waals surface area contributed by atoms with E-state index in [1.54, 1.807) is 36.1 Å². The summed E-state index contributed by atoms with van der Waals surface area (Å²) in [5, 5.41) is 0. The molecule has 1 amide bonds. The highest BCUT2D eigenvalue weighted by atomic mass is 32.2. The van der Waals surface area contributed by atoms with Crippen LogP contribution in [0.3, 0.4) is 0 Å². The molecule has 0 spiro atoms. The van der Waals surface area contributed by atoms with Crippen LogP contribution >= 0.6 is 0 Å². The first-order valence-corrected chi connectivity index (χ1v) is 12.2. The number of hydrogen-bond donors (Lipinski definition) is 0. The van der Waals surface area contributed by atoms with Crippen LogP contribution in [-0.2, 0) is 25.1 Å². The normalized spacial score (nSPS) is 17.3. The van der Waals surface area contributed by atoms with Gasteiger partial charge in [0.05, 0.1) is 18.8 Å². The minimum atomic E-state index is -3.13. The molecular weight excluding hydrogens is 392 g/mol. The van der Waals surface area contributed by atoms with E-state index in [-0.39, 0.29) is 30.1 Å². The van der Waals surface area contributed by atoms with Crippen LogP contribution in [0.2, 0.25) is 0 Å². The number of ether oxygens (including phenoxy) is 1. The SMILES string of the molecule is CCOC(=O)CCN(CC1CCCN1CC)C(=O)c1ccc(CS(C)(=O)=O)cc1. The maximum absolute atomic E-state index is 13.1. The van der Waals surface area contributed by atoms with Crippen LogP contribution in [0.25, 0.3) is 0 Å². The fourth-order valence-electron chi connectivity index (χ4n) is 3.74. The van der Waals surface area contributed by atoms with Crippen LogP contribution in [0.4, 0.5) is 0 Å². The molecular formula is C21H32N2O5S. The number of likely N-dealkylation sites (tertiary alicyclic amines) is 1. The molecule has 7 nitrogen and oxygen atoms in total. The van der Waals surface area contributed by atoms with Crippen LogP contribution in [0, 0.1) is 0 Å². The fraction of sp³-hybridized carbons (Fsp3) is 0.619. The molecule has 0 saturated carbocycles. The summed E-state index contributed by atoms with van der Waals surface area (Å²) in [6, 6.07) is 6.95. The highest BCUT2D eigenvalue weighted by Crippen LogP contribution is 2.19. The molecule has 1 aromatic carbocycles. The largest absolute Gasteiger partial charge is 0.466 e. The molecule has 1 heterocycles. The molecule has 1 unspecified atom stereocenters. The standard InChI is InChI=1S/C21H32N2O5S/c1-4-22-13-6-7-19(22)15-23(14-12-20(24)28-5-2)21(25)18-10-8-17(9-11-18)16-29(3,26)27/h8-11,19H,4-7,12-16H2,1-3H3. The molecule has 0 radical (unpaired) electrons. The van der Waals surface area contributed by atoms with Gasteiger partial charge in [-0.2, -0.15) is 0 Å². The number of carbonyl (C=O) groups excluding carboxylic acids is 2. The van der Waals surface area contributed by atoms with Crippen LogP contribution in [0.15, 0.2) is 24.3 Å². The molecule has 162 valence electrons. The van der Waals surface area contributed by atoms with Gasteiger partial charge in [-0.05, 0) is 50.6 Å². The van der Waals surface area contributed by atoms with E-state index >= 15 is 0 Å². The summed E-state index contributed by atoms with van der Waals surface area (Å²) in [6.07, 6.45) is 3.48. The predicted molar refractivity (Wildman–Crippen MR) is 112 cm³/mol. The molecule has 1 aliphatic rings. The second kappa shape index (κ2) is 10.7. The molecule has 8 heteroatoms. The first kappa shape index (κ1) is 23.3. The number of rotatable bonds is 10. The number of esters is 1. The second-order valence-corrected chi connectivity index (χ2v) is 9.64. The van der Waals surface area contributed by atoms with Gasteiger partial charge in [0.1, 0.15) is 0 Å². The third-order valence-corrected chi connectivity index (χ3v) is 6.00. The van der Waals surface area contributed by atoms with E-state index in [4.69, 9.17) is 4.74 Å². The monoisotopic (exact) mass is 424 g/mol. The molecule has 29 heavy (non-hydrogen) atoms. The Labute approximate surface area is 173 Å². The number of hydrogen-bond acceptors (Lipinski definition) is 6. The van der Waals surface area contributed by atoms with Crippen molar-refractivity contribution in [1.29, 1.82) is 0 Å². The fourth-order valence-corrected chi connectivity index (χ4v) is 4.53. The number of nitrogens with zero attached hydrogens (tertiary/aromatic N) is 2. The van der Waals surface area contributed by atoms with E-state index in [1.807, 2.05) is 0 Å². The number of benzene rings is 1. The Morgan fingerprint density at radius 3 is 2.48 bits per heavy atom. The van der Waals surface area contributed by atoms with E-state index in [1.165, 1.54) is 6.26 Å². The number of amides is 1. The van der Waals surface area contributed by atoms with Crippen LogP contribution in [0.5, 0.6) is 0 Å². The molecule has 0 N–H and O–H groups in total. The molecule has 1 saturated heterocycles. The van der Waals surface area contributed by atoms with Crippen molar-refractivity contribution in [3.63, 3.8) is 0 Å². The van der Waals surface area contributed by atoms with Gasteiger partial charge in [-0.3, -0.25) is 14.5 Å².